The molecule has 0 N–H and O–H groups in total. The van der Waals surface area contributed by atoms with Gasteiger partial charge in [-0.25, -0.2) is 0 Å². The van der Waals surface area contributed by atoms with Crippen LogP contribution in [0.4, 0.5) is 0 Å². The summed E-state index contributed by atoms with van der Waals surface area (Å²) in [7, 11) is 1.71. The minimum Gasteiger partial charge on any atom is -0.484 e. The van der Waals surface area contributed by atoms with Gasteiger partial charge < -0.3 is 18.9 Å². The monoisotopic (exact) mass is 429 g/mol. The molecule has 8 heteroatoms. The topological polar surface area (TPSA) is 77.7 Å². The standard InChI is InChI=1S/C22H24ClN3O4/c1-15-10-16(2)12-19(11-15)28-13-21-24-20(25-30-21)8-9-26(3)22(27)14-29-18-6-4-17(23)5-7-18/h4-7,10-12H,8-9,13-14H2,1-3H3. The van der Waals surface area contributed by atoms with Gasteiger partial charge >= 0.3 is 0 Å². The normalized spacial score (nSPS) is 10.7. The van der Waals surface area contributed by atoms with E-state index in [4.69, 9.17) is 25.6 Å². The highest BCUT2D eigenvalue weighted by molar-refractivity contribution is 6.30. The second-order valence-electron chi connectivity index (χ2n) is 7.02. The summed E-state index contributed by atoms with van der Waals surface area (Å²) in [6.45, 7) is 4.62. The Morgan fingerprint density at radius 3 is 2.47 bits per heavy atom. The number of ether oxygens (including phenoxy) is 2. The van der Waals surface area contributed by atoms with E-state index in [2.05, 4.69) is 16.2 Å². The van der Waals surface area contributed by atoms with Crippen molar-refractivity contribution in [3.05, 3.63) is 70.3 Å². The van der Waals surface area contributed by atoms with Crippen LogP contribution in [0.15, 0.2) is 47.0 Å². The van der Waals surface area contributed by atoms with Crippen molar-refractivity contribution in [2.45, 2.75) is 26.9 Å². The van der Waals surface area contributed by atoms with Gasteiger partial charge in [0.25, 0.3) is 11.8 Å². The molecule has 0 aliphatic rings. The molecular weight excluding hydrogens is 406 g/mol. The number of carbonyl (C=O) groups excluding carboxylic acids is 1. The first kappa shape index (κ1) is 21.6. The lowest BCUT2D eigenvalue weighted by Gasteiger charge is -2.16. The summed E-state index contributed by atoms with van der Waals surface area (Å²) in [6, 6.07) is 12.8. The predicted molar refractivity (Wildman–Crippen MR) is 113 cm³/mol. The molecule has 2 aromatic carbocycles. The number of halogens is 1. The number of hydrogen-bond acceptors (Lipinski definition) is 6. The van der Waals surface area contributed by atoms with Crippen molar-refractivity contribution in [2.24, 2.45) is 0 Å². The summed E-state index contributed by atoms with van der Waals surface area (Å²) >= 11 is 5.83. The van der Waals surface area contributed by atoms with E-state index in [1.54, 1.807) is 36.2 Å². The van der Waals surface area contributed by atoms with Crippen LogP contribution in [0.3, 0.4) is 0 Å². The molecule has 0 radical (unpaired) electrons. The van der Waals surface area contributed by atoms with Crippen LogP contribution in [0.2, 0.25) is 5.02 Å². The number of amides is 1. The Morgan fingerprint density at radius 2 is 1.77 bits per heavy atom. The molecule has 1 aromatic heterocycles. The molecule has 0 atom stereocenters. The molecular formula is C22H24ClN3O4. The van der Waals surface area contributed by atoms with Crippen LogP contribution in [-0.2, 0) is 17.8 Å². The molecule has 0 aliphatic heterocycles. The SMILES string of the molecule is Cc1cc(C)cc(OCc2nc(CCN(C)C(=O)COc3ccc(Cl)cc3)no2)c1. The molecule has 1 heterocycles. The van der Waals surface area contributed by atoms with Crippen molar-refractivity contribution in [3.8, 4) is 11.5 Å². The Morgan fingerprint density at radius 1 is 1.07 bits per heavy atom. The zero-order valence-corrected chi connectivity index (χ0v) is 18.0. The molecule has 30 heavy (non-hydrogen) atoms. The molecule has 0 saturated carbocycles. The Labute approximate surface area is 180 Å². The van der Waals surface area contributed by atoms with Crippen molar-refractivity contribution in [1.82, 2.24) is 15.0 Å². The Balaban J connectivity index is 1.42. The number of rotatable bonds is 9. The molecule has 158 valence electrons. The van der Waals surface area contributed by atoms with Crippen LogP contribution in [0.25, 0.3) is 0 Å². The zero-order valence-electron chi connectivity index (χ0n) is 17.2. The van der Waals surface area contributed by atoms with E-state index in [0.717, 1.165) is 16.9 Å². The van der Waals surface area contributed by atoms with E-state index in [9.17, 15) is 4.79 Å². The van der Waals surface area contributed by atoms with E-state index in [-0.39, 0.29) is 19.1 Å². The third-order valence-electron chi connectivity index (χ3n) is 4.34. The highest BCUT2D eigenvalue weighted by atomic mass is 35.5. The van der Waals surface area contributed by atoms with E-state index < -0.39 is 0 Å². The van der Waals surface area contributed by atoms with Gasteiger partial charge in [-0.15, -0.1) is 0 Å². The Kier molecular flexibility index (Phi) is 7.30. The van der Waals surface area contributed by atoms with Crippen molar-refractivity contribution in [3.63, 3.8) is 0 Å². The van der Waals surface area contributed by atoms with Crippen molar-refractivity contribution in [2.75, 3.05) is 20.2 Å². The fraction of sp³-hybridized carbons (Fsp3) is 0.318. The maximum Gasteiger partial charge on any atom is 0.264 e. The van der Waals surface area contributed by atoms with Gasteiger partial charge in [0.05, 0.1) is 0 Å². The fourth-order valence-corrected chi connectivity index (χ4v) is 2.92. The quantitative estimate of drug-likeness (QED) is 0.511. The molecule has 0 unspecified atom stereocenters. The lowest BCUT2D eigenvalue weighted by Crippen LogP contribution is -2.33. The van der Waals surface area contributed by atoms with Gasteiger partial charge in [0.2, 0.25) is 0 Å². The molecule has 0 fully saturated rings. The summed E-state index contributed by atoms with van der Waals surface area (Å²) in [5, 5.41) is 4.56. The average molecular weight is 430 g/mol. The van der Waals surface area contributed by atoms with Crippen LogP contribution >= 0.6 is 11.6 Å². The maximum absolute atomic E-state index is 12.2. The van der Waals surface area contributed by atoms with Gasteiger partial charge in [-0.1, -0.05) is 22.8 Å². The number of aryl methyl sites for hydroxylation is 2. The van der Waals surface area contributed by atoms with Gasteiger partial charge in [0, 0.05) is 25.0 Å². The minimum atomic E-state index is -0.146. The van der Waals surface area contributed by atoms with Gasteiger partial charge in [0.1, 0.15) is 11.5 Å². The van der Waals surface area contributed by atoms with Crippen molar-refractivity contribution < 1.29 is 18.8 Å². The molecule has 3 aromatic rings. The number of likely N-dealkylation sites (N-methyl/N-ethyl adjacent to an activating group) is 1. The highest BCUT2D eigenvalue weighted by Crippen LogP contribution is 2.18. The molecule has 0 spiro atoms. The number of carbonyl (C=O) groups is 1. The zero-order chi connectivity index (χ0) is 21.5. The maximum atomic E-state index is 12.2. The van der Waals surface area contributed by atoms with Crippen molar-refractivity contribution in [1.29, 1.82) is 0 Å². The Bertz CT molecular complexity index is 968. The summed E-state index contributed by atoms with van der Waals surface area (Å²) in [4.78, 5) is 18.1. The third kappa shape index (κ3) is 6.49. The summed E-state index contributed by atoms with van der Waals surface area (Å²) in [5.41, 5.74) is 2.26. The van der Waals surface area contributed by atoms with E-state index >= 15 is 0 Å². The van der Waals surface area contributed by atoms with Gasteiger partial charge in [0.15, 0.2) is 19.0 Å². The molecule has 1 amide bonds. The lowest BCUT2D eigenvalue weighted by atomic mass is 10.1. The predicted octanol–water partition coefficient (Wildman–Crippen LogP) is 4.00. The second-order valence-corrected chi connectivity index (χ2v) is 7.46. The van der Waals surface area contributed by atoms with Gasteiger partial charge in [-0.05, 0) is 61.4 Å². The van der Waals surface area contributed by atoms with Crippen LogP contribution < -0.4 is 9.47 Å². The number of aromatic nitrogens is 2. The van der Waals surface area contributed by atoms with Crippen molar-refractivity contribution >= 4 is 17.5 Å². The summed E-state index contributed by atoms with van der Waals surface area (Å²) < 4.78 is 16.4. The second kappa shape index (κ2) is 10.1. The van der Waals surface area contributed by atoms with Crippen LogP contribution in [0.5, 0.6) is 11.5 Å². The molecule has 0 bridgehead atoms. The van der Waals surface area contributed by atoms with E-state index in [0.29, 0.717) is 35.5 Å². The van der Waals surface area contributed by atoms with Gasteiger partial charge in [-0.2, -0.15) is 4.98 Å². The summed E-state index contributed by atoms with van der Waals surface area (Å²) in [6.07, 6.45) is 0.468. The van der Waals surface area contributed by atoms with E-state index in [1.165, 1.54) is 0 Å². The highest BCUT2D eigenvalue weighted by Gasteiger charge is 2.13. The number of nitrogens with zero attached hydrogens (tertiary/aromatic N) is 3. The molecule has 0 aliphatic carbocycles. The fourth-order valence-electron chi connectivity index (χ4n) is 2.79. The number of hydrogen-bond donors (Lipinski definition) is 0. The van der Waals surface area contributed by atoms with Crippen LogP contribution in [-0.4, -0.2) is 41.1 Å². The lowest BCUT2D eigenvalue weighted by molar-refractivity contribution is -0.132. The van der Waals surface area contributed by atoms with Gasteiger partial charge in [-0.3, -0.25) is 4.79 Å². The first-order valence-corrected chi connectivity index (χ1v) is 9.92. The molecule has 3 rings (SSSR count). The molecule has 0 saturated heterocycles. The van der Waals surface area contributed by atoms with Crippen LogP contribution in [0.1, 0.15) is 22.8 Å². The van der Waals surface area contributed by atoms with E-state index in [1.807, 2.05) is 26.0 Å². The first-order valence-electron chi connectivity index (χ1n) is 9.54. The largest absolute Gasteiger partial charge is 0.484 e. The Hall–Kier alpha value is -3.06. The molecule has 7 nitrogen and oxygen atoms in total. The average Bonchev–Trinajstić information content (AvgIpc) is 3.17. The third-order valence-corrected chi connectivity index (χ3v) is 4.59. The minimum absolute atomic E-state index is 0.0562. The smallest absolute Gasteiger partial charge is 0.264 e. The number of benzene rings is 2. The summed E-state index contributed by atoms with van der Waals surface area (Å²) in [5.74, 6) is 2.12. The first-order chi connectivity index (χ1) is 14.4. The van der Waals surface area contributed by atoms with Crippen LogP contribution in [0, 0.1) is 13.8 Å².